The van der Waals surface area contributed by atoms with Gasteiger partial charge in [-0.15, -0.1) is 0 Å². The minimum atomic E-state index is 0.441. The lowest BCUT2D eigenvalue weighted by molar-refractivity contribution is 0.271. The highest BCUT2D eigenvalue weighted by atomic mass is 15.3. The van der Waals surface area contributed by atoms with E-state index in [1.54, 1.807) is 0 Å². The normalized spacial score (nSPS) is 18.6. The van der Waals surface area contributed by atoms with E-state index < -0.39 is 0 Å². The summed E-state index contributed by atoms with van der Waals surface area (Å²) in [5.41, 5.74) is 2.74. The van der Waals surface area contributed by atoms with Crippen molar-refractivity contribution in [1.82, 2.24) is 10.2 Å². The summed E-state index contributed by atoms with van der Waals surface area (Å²) in [6, 6.07) is 9.50. The van der Waals surface area contributed by atoms with Crippen LogP contribution < -0.4 is 10.2 Å². The van der Waals surface area contributed by atoms with Crippen molar-refractivity contribution in [2.45, 2.75) is 26.8 Å². The minimum absolute atomic E-state index is 0.441. The minimum Gasteiger partial charge on any atom is -0.369 e. The van der Waals surface area contributed by atoms with Crippen LogP contribution in [0.2, 0.25) is 0 Å². The van der Waals surface area contributed by atoms with Crippen LogP contribution in [0.4, 0.5) is 5.69 Å². The number of piperazine rings is 1. The molecule has 3 heteroatoms. The molecule has 19 heavy (non-hydrogen) atoms. The topological polar surface area (TPSA) is 18.5 Å². The molecule has 1 unspecified atom stereocenters. The highest BCUT2D eigenvalue weighted by Gasteiger charge is 2.15. The van der Waals surface area contributed by atoms with Crippen molar-refractivity contribution in [3.63, 3.8) is 0 Å². The second-order valence-electron chi connectivity index (χ2n) is 5.29. The first-order valence-corrected chi connectivity index (χ1v) is 7.55. The van der Waals surface area contributed by atoms with Crippen LogP contribution in [0.3, 0.4) is 0 Å². The van der Waals surface area contributed by atoms with Crippen LogP contribution in [0, 0.1) is 0 Å². The summed E-state index contributed by atoms with van der Waals surface area (Å²) in [6.45, 7) is 13.5. The molecular weight excluding hydrogens is 234 g/mol. The van der Waals surface area contributed by atoms with E-state index in [1.807, 2.05) is 0 Å². The Morgan fingerprint density at radius 1 is 1.05 bits per heavy atom. The number of hydrogen-bond acceptors (Lipinski definition) is 3. The van der Waals surface area contributed by atoms with Gasteiger partial charge in [-0.3, -0.25) is 0 Å². The van der Waals surface area contributed by atoms with Crippen molar-refractivity contribution in [3.8, 4) is 0 Å². The Labute approximate surface area is 117 Å². The molecule has 1 N–H and O–H groups in total. The molecule has 1 heterocycles. The van der Waals surface area contributed by atoms with Gasteiger partial charge in [0.1, 0.15) is 0 Å². The third kappa shape index (κ3) is 3.71. The monoisotopic (exact) mass is 261 g/mol. The molecule has 0 amide bonds. The van der Waals surface area contributed by atoms with Gasteiger partial charge in [-0.05, 0) is 37.7 Å². The first-order valence-electron chi connectivity index (χ1n) is 7.55. The van der Waals surface area contributed by atoms with Gasteiger partial charge in [-0.2, -0.15) is 0 Å². The molecule has 0 aromatic heterocycles. The lowest BCUT2D eigenvalue weighted by Gasteiger charge is -2.35. The average molecular weight is 261 g/mol. The number of anilines is 1. The first kappa shape index (κ1) is 14.4. The Morgan fingerprint density at radius 3 is 2.21 bits per heavy atom. The van der Waals surface area contributed by atoms with Crippen molar-refractivity contribution in [3.05, 3.63) is 29.8 Å². The molecule has 106 valence electrons. The van der Waals surface area contributed by atoms with Crippen LogP contribution >= 0.6 is 0 Å². The molecule has 1 aromatic carbocycles. The molecule has 1 aliphatic heterocycles. The zero-order chi connectivity index (χ0) is 13.7. The van der Waals surface area contributed by atoms with Crippen molar-refractivity contribution < 1.29 is 0 Å². The summed E-state index contributed by atoms with van der Waals surface area (Å²) < 4.78 is 0. The molecule has 1 fully saturated rings. The lowest BCUT2D eigenvalue weighted by atomic mass is 10.1. The summed E-state index contributed by atoms with van der Waals surface area (Å²) >= 11 is 0. The second kappa shape index (κ2) is 6.92. The Bertz CT molecular complexity index is 366. The zero-order valence-electron chi connectivity index (χ0n) is 12.5. The van der Waals surface area contributed by atoms with Crippen LogP contribution in [0.1, 0.15) is 32.4 Å². The molecule has 2 rings (SSSR count). The Kier molecular flexibility index (Phi) is 5.23. The summed E-state index contributed by atoms with van der Waals surface area (Å²) in [4.78, 5) is 5.01. The lowest BCUT2D eigenvalue weighted by Crippen LogP contribution is -2.46. The van der Waals surface area contributed by atoms with Gasteiger partial charge in [0.2, 0.25) is 0 Å². The van der Waals surface area contributed by atoms with Gasteiger partial charge in [0.25, 0.3) is 0 Å². The highest BCUT2D eigenvalue weighted by Crippen LogP contribution is 2.20. The van der Waals surface area contributed by atoms with Gasteiger partial charge in [0.15, 0.2) is 0 Å². The van der Waals surface area contributed by atoms with E-state index in [4.69, 9.17) is 0 Å². The predicted octanol–water partition coefficient (Wildman–Crippen LogP) is 2.50. The van der Waals surface area contributed by atoms with Crippen molar-refractivity contribution in [1.29, 1.82) is 0 Å². The molecule has 1 aromatic rings. The van der Waals surface area contributed by atoms with Gasteiger partial charge in [-0.25, -0.2) is 0 Å². The maximum absolute atomic E-state index is 3.45. The van der Waals surface area contributed by atoms with E-state index in [-0.39, 0.29) is 0 Å². The number of rotatable bonds is 5. The maximum atomic E-state index is 3.45. The molecule has 3 nitrogen and oxygen atoms in total. The molecular formula is C16H27N3. The smallest absolute Gasteiger partial charge is 0.0367 e. The third-order valence-corrected chi connectivity index (χ3v) is 4.09. The fraction of sp³-hybridized carbons (Fsp3) is 0.625. The van der Waals surface area contributed by atoms with Crippen molar-refractivity contribution in [2.24, 2.45) is 0 Å². The van der Waals surface area contributed by atoms with Crippen molar-refractivity contribution in [2.75, 3.05) is 44.2 Å². The van der Waals surface area contributed by atoms with Crippen LogP contribution in [0.25, 0.3) is 0 Å². The van der Waals surface area contributed by atoms with Crippen LogP contribution in [-0.2, 0) is 0 Å². The number of benzene rings is 1. The quantitative estimate of drug-likeness (QED) is 0.878. The predicted molar refractivity (Wildman–Crippen MR) is 82.9 cm³/mol. The number of nitrogens with one attached hydrogen (secondary N) is 1. The highest BCUT2D eigenvalue weighted by molar-refractivity contribution is 5.48. The largest absolute Gasteiger partial charge is 0.369 e. The van der Waals surface area contributed by atoms with Gasteiger partial charge in [-0.1, -0.05) is 26.0 Å². The summed E-state index contributed by atoms with van der Waals surface area (Å²) in [7, 11) is 0. The molecule has 1 aliphatic rings. The van der Waals surface area contributed by atoms with E-state index in [1.165, 1.54) is 30.9 Å². The van der Waals surface area contributed by atoms with E-state index in [0.717, 1.165) is 19.6 Å². The van der Waals surface area contributed by atoms with Crippen LogP contribution in [0.15, 0.2) is 24.3 Å². The van der Waals surface area contributed by atoms with E-state index in [9.17, 15) is 0 Å². The number of nitrogens with zero attached hydrogens (tertiary/aromatic N) is 2. The van der Waals surface area contributed by atoms with E-state index in [2.05, 4.69) is 60.2 Å². The fourth-order valence-corrected chi connectivity index (χ4v) is 2.72. The van der Waals surface area contributed by atoms with Gasteiger partial charge < -0.3 is 15.1 Å². The van der Waals surface area contributed by atoms with Gasteiger partial charge in [0.05, 0.1) is 0 Å². The SMILES string of the molecule is CCNC(C)c1ccc(N2CCN(CC)CC2)cc1. The maximum Gasteiger partial charge on any atom is 0.0367 e. The van der Waals surface area contributed by atoms with Crippen molar-refractivity contribution >= 4 is 5.69 Å². The standard InChI is InChI=1S/C16H27N3/c1-4-17-14(3)15-6-8-16(9-7-15)19-12-10-18(5-2)11-13-19/h6-9,14,17H,4-5,10-13H2,1-3H3. The Hall–Kier alpha value is -1.06. The molecule has 0 bridgehead atoms. The third-order valence-electron chi connectivity index (χ3n) is 4.09. The summed E-state index contributed by atoms with van der Waals surface area (Å²) in [6.07, 6.45) is 0. The zero-order valence-corrected chi connectivity index (χ0v) is 12.5. The molecule has 0 saturated carbocycles. The van der Waals surface area contributed by atoms with Crippen LogP contribution in [-0.4, -0.2) is 44.2 Å². The average Bonchev–Trinajstić information content (AvgIpc) is 2.48. The molecule has 1 atom stereocenters. The van der Waals surface area contributed by atoms with E-state index in [0.29, 0.717) is 6.04 Å². The van der Waals surface area contributed by atoms with Crippen LogP contribution in [0.5, 0.6) is 0 Å². The number of likely N-dealkylation sites (N-methyl/N-ethyl adjacent to an activating group) is 1. The van der Waals surface area contributed by atoms with Gasteiger partial charge >= 0.3 is 0 Å². The molecule has 0 aliphatic carbocycles. The number of hydrogen-bond donors (Lipinski definition) is 1. The first-order chi connectivity index (χ1) is 9.24. The molecule has 0 spiro atoms. The van der Waals surface area contributed by atoms with Gasteiger partial charge in [0, 0.05) is 37.9 Å². The summed E-state index contributed by atoms with van der Waals surface area (Å²) in [5, 5.41) is 3.45. The molecule has 0 radical (unpaired) electrons. The Balaban J connectivity index is 1.95. The Morgan fingerprint density at radius 2 is 1.68 bits per heavy atom. The summed E-state index contributed by atoms with van der Waals surface area (Å²) in [5.74, 6) is 0. The molecule has 1 saturated heterocycles. The fourth-order valence-electron chi connectivity index (χ4n) is 2.72. The second-order valence-corrected chi connectivity index (χ2v) is 5.29. The van der Waals surface area contributed by atoms with E-state index >= 15 is 0 Å².